The van der Waals surface area contributed by atoms with Crippen LogP contribution in [0.25, 0.3) is 16.0 Å². The van der Waals surface area contributed by atoms with Crippen molar-refractivity contribution in [3.63, 3.8) is 0 Å². The molecule has 1 aliphatic heterocycles. The van der Waals surface area contributed by atoms with Gasteiger partial charge in [-0.05, 0) is 23.8 Å². The molecule has 1 aromatic heterocycles. The number of aromatic nitrogens is 1. The van der Waals surface area contributed by atoms with Gasteiger partial charge in [-0.2, -0.15) is 0 Å². The predicted octanol–water partition coefficient (Wildman–Crippen LogP) is 3.86. The Morgan fingerprint density at radius 3 is 2.74 bits per heavy atom. The number of methoxy groups -OCH3 is 1. The van der Waals surface area contributed by atoms with Crippen LogP contribution in [0.4, 0.5) is 5.82 Å². The second-order valence-electron chi connectivity index (χ2n) is 6.21. The Morgan fingerprint density at radius 1 is 1.33 bits per heavy atom. The first-order valence-electron chi connectivity index (χ1n) is 8.75. The molecule has 3 rings (SSSR count). The topological polar surface area (TPSA) is 56.0 Å². The van der Waals surface area contributed by atoms with Gasteiger partial charge in [-0.1, -0.05) is 36.3 Å². The van der Waals surface area contributed by atoms with E-state index >= 15 is 0 Å². The monoisotopic (exact) mass is 363 g/mol. The van der Waals surface area contributed by atoms with Crippen LogP contribution in [0.15, 0.2) is 49.1 Å². The normalized spacial score (nSPS) is 14.3. The van der Waals surface area contributed by atoms with E-state index in [9.17, 15) is 4.79 Å². The number of nitrogens with zero attached hydrogens (tertiary/aromatic N) is 3. The van der Waals surface area contributed by atoms with E-state index in [1.807, 2.05) is 30.3 Å². The molecule has 0 atom stereocenters. The Morgan fingerprint density at radius 2 is 2.07 bits per heavy atom. The van der Waals surface area contributed by atoms with Crippen LogP contribution in [0.3, 0.4) is 0 Å². The summed E-state index contributed by atoms with van der Waals surface area (Å²) in [7, 11) is 1.62. The van der Waals surface area contributed by atoms with Crippen LogP contribution in [0.5, 0.6) is 11.6 Å². The van der Waals surface area contributed by atoms with Gasteiger partial charge in [0.2, 0.25) is 5.91 Å². The summed E-state index contributed by atoms with van der Waals surface area (Å²) in [6.45, 7) is 12.1. The van der Waals surface area contributed by atoms with E-state index in [1.54, 1.807) is 18.1 Å². The third-order valence-electron chi connectivity index (χ3n) is 4.54. The van der Waals surface area contributed by atoms with Gasteiger partial charge in [0.1, 0.15) is 11.9 Å². The summed E-state index contributed by atoms with van der Waals surface area (Å²) in [5.74, 6) is 1.35. The minimum Gasteiger partial charge on any atom is -0.496 e. The van der Waals surface area contributed by atoms with Crippen molar-refractivity contribution in [2.24, 2.45) is 0 Å². The summed E-state index contributed by atoms with van der Waals surface area (Å²) in [6, 6.07) is 11.2. The lowest BCUT2D eigenvalue weighted by molar-refractivity contribution is -0.127. The number of amides is 1. The molecule has 2 aromatic rings. The van der Waals surface area contributed by atoms with Gasteiger partial charge in [-0.3, -0.25) is 4.79 Å². The van der Waals surface area contributed by atoms with Gasteiger partial charge < -0.3 is 19.2 Å². The first-order chi connectivity index (χ1) is 13.1. The zero-order valence-corrected chi connectivity index (χ0v) is 15.2. The van der Waals surface area contributed by atoms with E-state index in [2.05, 4.69) is 16.4 Å². The fourth-order valence-electron chi connectivity index (χ4n) is 3.14. The summed E-state index contributed by atoms with van der Waals surface area (Å²) in [4.78, 5) is 21.2. The van der Waals surface area contributed by atoms with Crippen molar-refractivity contribution < 1.29 is 14.3 Å². The standard InChI is InChI=1S/C21H21N3O3/c1-4-21(25)24-11-9-16(10-12-24)27-20-14-15(13-19(22-2)23-20)17-7-5-6-8-18(17)26-3/h4-8,13-14,16H,1,9-12H2,3H3. The smallest absolute Gasteiger partial charge is 0.310 e. The third-order valence-corrected chi connectivity index (χ3v) is 4.54. The Hall–Kier alpha value is -3.33. The molecule has 1 amide bonds. The van der Waals surface area contributed by atoms with Gasteiger partial charge in [0.15, 0.2) is 0 Å². The molecule has 0 unspecified atom stereocenters. The fourth-order valence-corrected chi connectivity index (χ4v) is 3.14. The molecule has 0 saturated carbocycles. The van der Waals surface area contributed by atoms with Gasteiger partial charge in [0, 0.05) is 37.6 Å². The Bertz CT molecular complexity index is 880. The van der Waals surface area contributed by atoms with Crippen LogP contribution < -0.4 is 9.47 Å². The molecule has 2 heterocycles. The van der Waals surface area contributed by atoms with Crippen LogP contribution >= 0.6 is 0 Å². The number of carbonyl (C=O) groups is 1. The highest BCUT2D eigenvalue weighted by Gasteiger charge is 2.24. The zero-order chi connectivity index (χ0) is 19.2. The number of piperidine rings is 1. The molecule has 6 heteroatoms. The first kappa shape index (κ1) is 18.5. The molecule has 0 aliphatic carbocycles. The molecule has 138 valence electrons. The molecule has 1 aromatic carbocycles. The maximum atomic E-state index is 11.7. The highest BCUT2D eigenvalue weighted by molar-refractivity contribution is 5.87. The summed E-state index contributed by atoms with van der Waals surface area (Å²) in [6.07, 6.45) is 2.72. The van der Waals surface area contributed by atoms with Gasteiger partial charge in [0.05, 0.1) is 7.11 Å². The van der Waals surface area contributed by atoms with Gasteiger partial charge >= 0.3 is 5.88 Å². The molecule has 0 N–H and O–H groups in total. The van der Waals surface area contributed by atoms with E-state index in [0.29, 0.717) is 31.8 Å². The number of para-hydroxylation sites is 1. The molecule has 0 radical (unpaired) electrons. The molecule has 1 saturated heterocycles. The fraction of sp³-hybridized carbons (Fsp3) is 0.286. The largest absolute Gasteiger partial charge is 0.496 e. The number of likely N-dealkylation sites (tertiary alicyclic amines) is 1. The summed E-state index contributed by atoms with van der Waals surface area (Å²) >= 11 is 0. The molecule has 27 heavy (non-hydrogen) atoms. The van der Waals surface area contributed by atoms with Gasteiger partial charge in [-0.15, -0.1) is 0 Å². The van der Waals surface area contributed by atoms with Crippen LogP contribution in [0.2, 0.25) is 0 Å². The molecule has 0 bridgehead atoms. The zero-order valence-electron chi connectivity index (χ0n) is 15.2. The number of hydrogen-bond donors (Lipinski definition) is 0. The first-order valence-corrected chi connectivity index (χ1v) is 8.75. The lowest BCUT2D eigenvalue weighted by Gasteiger charge is -2.30. The molecule has 6 nitrogen and oxygen atoms in total. The quantitative estimate of drug-likeness (QED) is 0.598. The highest BCUT2D eigenvalue weighted by atomic mass is 16.5. The highest BCUT2D eigenvalue weighted by Crippen LogP contribution is 2.34. The van der Waals surface area contributed by atoms with E-state index in [4.69, 9.17) is 16.0 Å². The van der Waals surface area contributed by atoms with Gasteiger partial charge in [0.25, 0.3) is 5.82 Å². The second-order valence-corrected chi connectivity index (χ2v) is 6.21. The Labute approximate surface area is 158 Å². The van der Waals surface area contributed by atoms with Crippen molar-refractivity contribution in [3.8, 4) is 22.8 Å². The number of pyridine rings is 1. The Kier molecular flexibility index (Phi) is 5.72. The number of hydrogen-bond acceptors (Lipinski definition) is 4. The van der Waals surface area contributed by atoms with Crippen molar-refractivity contribution in [2.75, 3.05) is 20.2 Å². The van der Waals surface area contributed by atoms with Crippen LogP contribution in [0, 0.1) is 6.57 Å². The van der Waals surface area contributed by atoms with E-state index in [0.717, 1.165) is 16.9 Å². The van der Waals surface area contributed by atoms with E-state index < -0.39 is 0 Å². The van der Waals surface area contributed by atoms with Crippen LogP contribution in [-0.4, -0.2) is 42.1 Å². The Balaban J connectivity index is 1.80. The average Bonchev–Trinajstić information content (AvgIpc) is 2.73. The van der Waals surface area contributed by atoms with Gasteiger partial charge in [-0.25, -0.2) is 0 Å². The van der Waals surface area contributed by atoms with Crippen molar-refractivity contribution >= 4 is 11.7 Å². The molecule has 0 spiro atoms. The molecular formula is C21H21N3O3. The van der Waals surface area contributed by atoms with Crippen molar-refractivity contribution in [1.82, 2.24) is 9.88 Å². The average molecular weight is 363 g/mol. The predicted molar refractivity (Wildman–Crippen MR) is 103 cm³/mol. The number of benzene rings is 1. The van der Waals surface area contributed by atoms with Crippen molar-refractivity contribution in [3.05, 3.63) is 60.5 Å². The minimum atomic E-state index is -0.0555. The van der Waals surface area contributed by atoms with E-state index in [1.165, 1.54) is 6.08 Å². The third kappa shape index (κ3) is 4.26. The number of rotatable bonds is 5. The number of ether oxygens (including phenoxy) is 2. The maximum absolute atomic E-state index is 11.7. The maximum Gasteiger partial charge on any atom is 0.310 e. The number of carbonyl (C=O) groups excluding carboxylic acids is 1. The summed E-state index contributed by atoms with van der Waals surface area (Å²) < 4.78 is 11.5. The minimum absolute atomic E-state index is 0.0436. The van der Waals surface area contributed by atoms with E-state index in [-0.39, 0.29) is 17.8 Å². The summed E-state index contributed by atoms with van der Waals surface area (Å²) in [5.41, 5.74) is 1.70. The van der Waals surface area contributed by atoms with Crippen LogP contribution in [0.1, 0.15) is 12.8 Å². The molecule has 1 aliphatic rings. The van der Waals surface area contributed by atoms with Crippen LogP contribution in [-0.2, 0) is 4.79 Å². The molecule has 1 fully saturated rings. The molecular weight excluding hydrogens is 342 g/mol. The second kappa shape index (κ2) is 8.37. The lowest BCUT2D eigenvalue weighted by Crippen LogP contribution is -2.41. The van der Waals surface area contributed by atoms with Crippen molar-refractivity contribution in [2.45, 2.75) is 18.9 Å². The van der Waals surface area contributed by atoms with Crippen molar-refractivity contribution in [1.29, 1.82) is 0 Å². The summed E-state index contributed by atoms with van der Waals surface area (Å²) in [5, 5.41) is 0. The lowest BCUT2D eigenvalue weighted by atomic mass is 10.1. The SMILES string of the molecule is [C-]#[N+]c1cc(-c2ccccc2OC)cc(OC2CCN(C(=O)C=C)CC2)n1.